The van der Waals surface area contributed by atoms with Crippen molar-refractivity contribution in [2.45, 2.75) is 32.2 Å². The zero-order chi connectivity index (χ0) is 15.4. The van der Waals surface area contributed by atoms with Gasteiger partial charge in [0, 0.05) is 11.7 Å². The first kappa shape index (κ1) is 15.0. The van der Waals surface area contributed by atoms with Gasteiger partial charge in [0.05, 0.1) is 0 Å². The Labute approximate surface area is 131 Å². The van der Waals surface area contributed by atoms with Crippen LogP contribution >= 0.6 is 0 Å². The van der Waals surface area contributed by atoms with Crippen LogP contribution in [0.2, 0.25) is 0 Å². The summed E-state index contributed by atoms with van der Waals surface area (Å²) < 4.78 is 12.8. The Bertz CT molecular complexity index is 622. The predicted octanol–water partition coefficient (Wildman–Crippen LogP) is 3.56. The zero-order valence-corrected chi connectivity index (χ0v) is 13.0. The minimum atomic E-state index is -0.169. The molecule has 1 aliphatic heterocycles. The number of benzene rings is 2. The quantitative estimate of drug-likeness (QED) is 0.797. The Hall–Kier alpha value is -1.87. The van der Waals surface area contributed by atoms with Gasteiger partial charge in [0.1, 0.15) is 5.82 Å². The third-order valence-electron chi connectivity index (χ3n) is 4.19. The molecule has 0 saturated heterocycles. The smallest absolute Gasteiger partial charge is 0.123 e. The molecule has 2 nitrogen and oxygen atoms in total. The van der Waals surface area contributed by atoms with Crippen LogP contribution in [-0.2, 0) is 19.3 Å². The molecule has 1 atom stereocenters. The molecule has 116 valence electrons. The number of nitrogens with one attached hydrogen (secondary N) is 2. The van der Waals surface area contributed by atoms with E-state index in [0.717, 1.165) is 32.4 Å². The number of rotatable bonds is 6. The average molecular weight is 298 g/mol. The molecule has 0 bridgehead atoms. The maximum absolute atomic E-state index is 12.8. The first-order valence-corrected chi connectivity index (χ1v) is 8.04. The highest BCUT2D eigenvalue weighted by Crippen LogP contribution is 2.26. The molecule has 3 heteroatoms. The second-order valence-corrected chi connectivity index (χ2v) is 6.12. The van der Waals surface area contributed by atoms with Crippen LogP contribution in [0.4, 0.5) is 10.1 Å². The molecule has 0 fully saturated rings. The van der Waals surface area contributed by atoms with Crippen LogP contribution in [0.3, 0.4) is 0 Å². The van der Waals surface area contributed by atoms with Crippen LogP contribution in [0.5, 0.6) is 0 Å². The first-order chi connectivity index (χ1) is 10.7. The molecule has 0 aromatic heterocycles. The van der Waals surface area contributed by atoms with Gasteiger partial charge in [-0.2, -0.15) is 0 Å². The van der Waals surface area contributed by atoms with Crippen LogP contribution in [0.1, 0.15) is 23.6 Å². The number of anilines is 1. The minimum Gasteiger partial charge on any atom is -0.382 e. The predicted molar refractivity (Wildman–Crippen MR) is 89.9 cm³/mol. The van der Waals surface area contributed by atoms with Crippen molar-refractivity contribution in [1.82, 2.24) is 5.32 Å². The van der Waals surface area contributed by atoms with E-state index in [4.69, 9.17) is 0 Å². The van der Waals surface area contributed by atoms with E-state index in [2.05, 4.69) is 35.8 Å². The van der Waals surface area contributed by atoms with Crippen molar-refractivity contribution in [2.75, 3.05) is 18.4 Å². The molecule has 0 radical (unpaired) electrons. The number of fused-ring (bicyclic) bond motifs is 1. The van der Waals surface area contributed by atoms with E-state index < -0.39 is 0 Å². The van der Waals surface area contributed by atoms with Crippen LogP contribution in [-0.4, -0.2) is 19.1 Å². The maximum Gasteiger partial charge on any atom is 0.123 e. The molecule has 0 spiro atoms. The second-order valence-electron chi connectivity index (χ2n) is 6.12. The van der Waals surface area contributed by atoms with Gasteiger partial charge >= 0.3 is 0 Å². The SMILES string of the molecule is CC1Cc2cc(CCNCCc3ccc(F)cc3)ccc2N1. The van der Waals surface area contributed by atoms with Crippen molar-refractivity contribution in [1.29, 1.82) is 0 Å². The third-order valence-corrected chi connectivity index (χ3v) is 4.19. The summed E-state index contributed by atoms with van der Waals surface area (Å²) in [6.45, 7) is 4.12. The van der Waals surface area contributed by atoms with E-state index in [1.54, 1.807) is 0 Å². The molecule has 2 N–H and O–H groups in total. The lowest BCUT2D eigenvalue weighted by molar-refractivity contribution is 0.626. The van der Waals surface area contributed by atoms with E-state index in [-0.39, 0.29) is 5.82 Å². The van der Waals surface area contributed by atoms with Crippen LogP contribution in [0.25, 0.3) is 0 Å². The monoisotopic (exact) mass is 298 g/mol. The summed E-state index contributed by atoms with van der Waals surface area (Å²) in [6, 6.07) is 14.0. The van der Waals surface area contributed by atoms with Gasteiger partial charge in [-0.3, -0.25) is 0 Å². The van der Waals surface area contributed by atoms with Crippen molar-refractivity contribution >= 4 is 5.69 Å². The van der Waals surface area contributed by atoms with Crippen molar-refractivity contribution < 1.29 is 4.39 Å². The topological polar surface area (TPSA) is 24.1 Å². The summed E-state index contributed by atoms with van der Waals surface area (Å²) in [5.74, 6) is -0.169. The van der Waals surface area contributed by atoms with Crippen molar-refractivity contribution in [3.8, 4) is 0 Å². The Kier molecular flexibility index (Phi) is 4.74. The second kappa shape index (κ2) is 6.93. The fourth-order valence-electron chi connectivity index (χ4n) is 3.00. The first-order valence-electron chi connectivity index (χ1n) is 8.04. The minimum absolute atomic E-state index is 0.169. The summed E-state index contributed by atoms with van der Waals surface area (Å²) >= 11 is 0. The molecule has 22 heavy (non-hydrogen) atoms. The Morgan fingerprint density at radius 3 is 2.50 bits per heavy atom. The van der Waals surface area contributed by atoms with Gasteiger partial charge in [-0.15, -0.1) is 0 Å². The van der Waals surface area contributed by atoms with Crippen LogP contribution < -0.4 is 10.6 Å². The molecule has 3 rings (SSSR count). The van der Waals surface area contributed by atoms with E-state index >= 15 is 0 Å². The highest BCUT2D eigenvalue weighted by atomic mass is 19.1. The highest BCUT2D eigenvalue weighted by molar-refractivity contribution is 5.57. The molecule has 0 amide bonds. The summed E-state index contributed by atoms with van der Waals surface area (Å²) in [5.41, 5.74) is 5.30. The fourth-order valence-corrected chi connectivity index (χ4v) is 3.00. The third kappa shape index (κ3) is 3.86. The number of hydrogen-bond acceptors (Lipinski definition) is 2. The Morgan fingerprint density at radius 1 is 1.05 bits per heavy atom. The van der Waals surface area contributed by atoms with Gasteiger partial charge in [-0.25, -0.2) is 4.39 Å². The lowest BCUT2D eigenvalue weighted by Crippen LogP contribution is -2.20. The van der Waals surface area contributed by atoms with Crippen molar-refractivity contribution in [3.05, 3.63) is 65.0 Å². The van der Waals surface area contributed by atoms with Gasteiger partial charge in [0.2, 0.25) is 0 Å². The molecular formula is C19H23FN2. The molecular weight excluding hydrogens is 275 g/mol. The van der Waals surface area contributed by atoms with E-state index in [0.29, 0.717) is 6.04 Å². The van der Waals surface area contributed by atoms with Gasteiger partial charge in [-0.1, -0.05) is 24.3 Å². The lowest BCUT2D eigenvalue weighted by Gasteiger charge is -2.07. The lowest BCUT2D eigenvalue weighted by atomic mass is 10.0. The number of hydrogen-bond donors (Lipinski definition) is 2. The average Bonchev–Trinajstić information content (AvgIpc) is 2.88. The maximum atomic E-state index is 12.8. The van der Waals surface area contributed by atoms with Crippen LogP contribution in [0.15, 0.2) is 42.5 Å². The zero-order valence-electron chi connectivity index (χ0n) is 13.0. The van der Waals surface area contributed by atoms with E-state index in [9.17, 15) is 4.39 Å². The van der Waals surface area contributed by atoms with E-state index in [1.807, 2.05) is 12.1 Å². The van der Waals surface area contributed by atoms with Crippen LogP contribution in [0, 0.1) is 5.82 Å². The molecule has 2 aromatic carbocycles. The van der Waals surface area contributed by atoms with Gasteiger partial charge < -0.3 is 10.6 Å². The normalized spacial score (nSPS) is 16.4. The highest BCUT2D eigenvalue weighted by Gasteiger charge is 2.16. The largest absolute Gasteiger partial charge is 0.382 e. The van der Waals surface area contributed by atoms with Gasteiger partial charge in [-0.05, 0) is 74.2 Å². The molecule has 0 saturated carbocycles. The summed E-state index contributed by atoms with van der Waals surface area (Å²) in [7, 11) is 0. The summed E-state index contributed by atoms with van der Waals surface area (Å²) in [6.07, 6.45) is 3.11. The van der Waals surface area contributed by atoms with Gasteiger partial charge in [0.25, 0.3) is 0 Å². The standard InChI is InChI=1S/C19H23FN2/c1-14-12-17-13-16(4-7-19(17)22-14)9-11-21-10-8-15-2-5-18(20)6-3-15/h2-7,13-14,21-22H,8-12H2,1H3. The van der Waals surface area contributed by atoms with E-state index in [1.165, 1.54) is 34.5 Å². The Morgan fingerprint density at radius 2 is 1.73 bits per heavy atom. The number of halogens is 1. The summed E-state index contributed by atoms with van der Waals surface area (Å²) in [4.78, 5) is 0. The molecule has 1 heterocycles. The molecule has 2 aromatic rings. The van der Waals surface area contributed by atoms with Gasteiger partial charge in [0.15, 0.2) is 0 Å². The van der Waals surface area contributed by atoms with Crippen molar-refractivity contribution in [2.24, 2.45) is 0 Å². The molecule has 1 aliphatic rings. The Balaban J connectivity index is 1.40. The van der Waals surface area contributed by atoms with Crippen molar-refractivity contribution in [3.63, 3.8) is 0 Å². The fraction of sp³-hybridized carbons (Fsp3) is 0.368. The molecule has 1 unspecified atom stereocenters. The summed E-state index contributed by atoms with van der Waals surface area (Å²) in [5, 5.41) is 6.94. The molecule has 0 aliphatic carbocycles.